The summed E-state index contributed by atoms with van der Waals surface area (Å²) in [5, 5.41) is 6.01. The highest BCUT2D eigenvalue weighted by molar-refractivity contribution is 5.96. The molecule has 0 spiro atoms. The summed E-state index contributed by atoms with van der Waals surface area (Å²) >= 11 is 0. The van der Waals surface area contributed by atoms with Gasteiger partial charge >= 0.3 is 0 Å². The van der Waals surface area contributed by atoms with Crippen LogP contribution in [-0.2, 0) is 4.79 Å². The molecule has 1 saturated heterocycles. The molecule has 0 saturated carbocycles. The van der Waals surface area contributed by atoms with E-state index in [1.807, 2.05) is 53.4 Å². The van der Waals surface area contributed by atoms with Crippen LogP contribution >= 0.6 is 0 Å². The fourth-order valence-electron chi connectivity index (χ4n) is 3.81. The third kappa shape index (κ3) is 7.59. The summed E-state index contributed by atoms with van der Waals surface area (Å²) in [5.41, 5.74) is 2.12. The van der Waals surface area contributed by atoms with E-state index in [-0.39, 0.29) is 18.4 Å². The van der Waals surface area contributed by atoms with Crippen molar-refractivity contribution in [1.29, 1.82) is 0 Å². The summed E-state index contributed by atoms with van der Waals surface area (Å²) < 4.78 is 5.79. The highest BCUT2D eigenvalue weighted by Gasteiger charge is 2.18. The number of ether oxygens (including phenoxy) is 1. The Kier molecular flexibility index (Phi) is 9.41. The lowest BCUT2D eigenvalue weighted by atomic mass is 10.1. The molecule has 172 valence electrons. The number of nitrogens with one attached hydrogen (secondary N) is 2. The minimum atomic E-state index is -0.155. The van der Waals surface area contributed by atoms with Gasteiger partial charge in [-0.1, -0.05) is 38.3 Å². The van der Waals surface area contributed by atoms with Crippen molar-refractivity contribution < 1.29 is 14.3 Å². The fraction of sp³-hybridized carbons (Fsp3) is 0.462. The Bertz CT molecular complexity index is 878. The lowest BCUT2D eigenvalue weighted by Gasteiger charge is -2.26. The van der Waals surface area contributed by atoms with Crippen molar-refractivity contribution >= 4 is 23.2 Å². The first-order valence-corrected chi connectivity index (χ1v) is 11.8. The van der Waals surface area contributed by atoms with Gasteiger partial charge in [-0.25, -0.2) is 0 Å². The maximum atomic E-state index is 12.7. The van der Waals surface area contributed by atoms with Gasteiger partial charge in [0.1, 0.15) is 5.75 Å². The molecule has 2 N–H and O–H groups in total. The van der Waals surface area contributed by atoms with Gasteiger partial charge < -0.3 is 20.3 Å². The molecule has 0 aromatic heterocycles. The number of nitrogens with zero attached hydrogens (tertiary/aromatic N) is 1. The number of rotatable bonds is 11. The van der Waals surface area contributed by atoms with Gasteiger partial charge in [0, 0.05) is 36.1 Å². The molecule has 3 rings (SSSR count). The number of unbranched alkanes of at least 4 members (excludes halogenated alkanes) is 3. The monoisotopic (exact) mass is 437 g/mol. The summed E-state index contributed by atoms with van der Waals surface area (Å²) in [6.07, 6.45) is 7.95. The first kappa shape index (κ1) is 23.6. The number of piperidine rings is 1. The van der Waals surface area contributed by atoms with Crippen molar-refractivity contribution in [3.05, 3.63) is 54.1 Å². The minimum absolute atomic E-state index is 0.0595. The Labute approximate surface area is 191 Å². The lowest BCUT2D eigenvalue weighted by molar-refractivity contribution is -0.114. The van der Waals surface area contributed by atoms with Crippen LogP contribution in [0.4, 0.5) is 11.4 Å². The molecule has 0 atom stereocenters. The van der Waals surface area contributed by atoms with Crippen LogP contribution < -0.4 is 15.4 Å². The third-order valence-electron chi connectivity index (χ3n) is 5.59. The number of carbonyl (C=O) groups excluding carboxylic acids is 2. The molecule has 2 amide bonds. The number of likely N-dealkylation sites (tertiary alicyclic amines) is 1. The molecule has 0 radical (unpaired) electrons. The second-order valence-electron chi connectivity index (χ2n) is 8.27. The summed E-state index contributed by atoms with van der Waals surface area (Å²) in [4.78, 5) is 27.0. The first-order chi connectivity index (χ1) is 15.7. The zero-order valence-corrected chi connectivity index (χ0v) is 19.1. The van der Waals surface area contributed by atoms with Crippen LogP contribution in [0.25, 0.3) is 0 Å². The highest BCUT2D eigenvalue weighted by atomic mass is 16.5. The standard InChI is InChI=1S/C26H35N3O3/c1-2-3-4-8-17-32-24-14-10-13-23(19-24)28-25(30)20-27-22-12-9-11-21(18-22)26(31)29-15-6-5-7-16-29/h9-14,18-19,27H,2-8,15-17,20H2,1H3,(H,28,30). The van der Waals surface area contributed by atoms with Crippen molar-refractivity contribution in [2.75, 3.05) is 36.9 Å². The van der Waals surface area contributed by atoms with Crippen LogP contribution in [0, 0.1) is 0 Å². The molecule has 2 aromatic rings. The van der Waals surface area contributed by atoms with Gasteiger partial charge in [-0.3, -0.25) is 9.59 Å². The largest absolute Gasteiger partial charge is 0.494 e. The van der Waals surface area contributed by atoms with Crippen LogP contribution in [0.2, 0.25) is 0 Å². The molecule has 0 bridgehead atoms. The van der Waals surface area contributed by atoms with Gasteiger partial charge in [0.25, 0.3) is 5.91 Å². The Morgan fingerprint density at radius 3 is 2.53 bits per heavy atom. The molecule has 1 aliphatic rings. The van der Waals surface area contributed by atoms with Gasteiger partial charge in [0.15, 0.2) is 0 Å². The van der Waals surface area contributed by atoms with E-state index in [9.17, 15) is 9.59 Å². The smallest absolute Gasteiger partial charge is 0.253 e. The second-order valence-corrected chi connectivity index (χ2v) is 8.27. The van der Waals surface area contributed by atoms with E-state index in [4.69, 9.17) is 4.74 Å². The normalized spacial score (nSPS) is 13.5. The summed E-state index contributed by atoms with van der Waals surface area (Å²) in [6.45, 7) is 4.63. The van der Waals surface area contributed by atoms with E-state index < -0.39 is 0 Å². The molecule has 1 heterocycles. The van der Waals surface area contributed by atoms with E-state index in [1.165, 1.54) is 25.7 Å². The number of amides is 2. The molecule has 6 heteroatoms. The van der Waals surface area contributed by atoms with Crippen LogP contribution in [-0.4, -0.2) is 43.0 Å². The number of benzene rings is 2. The van der Waals surface area contributed by atoms with Crippen molar-refractivity contribution in [3.63, 3.8) is 0 Å². The Morgan fingerprint density at radius 2 is 1.72 bits per heavy atom. The SMILES string of the molecule is CCCCCCOc1cccc(NC(=O)CNc2cccc(C(=O)N3CCCCC3)c2)c1. The molecule has 1 aliphatic heterocycles. The molecule has 6 nitrogen and oxygen atoms in total. The lowest BCUT2D eigenvalue weighted by Crippen LogP contribution is -2.35. The van der Waals surface area contributed by atoms with Gasteiger partial charge in [-0.2, -0.15) is 0 Å². The molecule has 32 heavy (non-hydrogen) atoms. The van der Waals surface area contributed by atoms with E-state index in [1.54, 1.807) is 0 Å². The zero-order valence-electron chi connectivity index (χ0n) is 19.1. The van der Waals surface area contributed by atoms with Crippen LogP contribution in [0.5, 0.6) is 5.75 Å². The molecule has 2 aromatic carbocycles. The number of anilines is 2. The molecule has 0 aliphatic carbocycles. The quantitative estimate of drug-likeness (QED) is 0.467. The number of hydrogen-bond donors (Lipinski definition) is 2. The maximum Gasteiger partial charge on any atom is 0.253 e. The Balaban J connectivity index is 1.46. The van der Waals surface area contributed by atoms with Crippen molar-refractivity contribution in [1.82, 2.24) is 4.90 Å². The summed E-state index contributed by atoms with van der Waals surface area (Å²) in [5.74, 6) is 0.665. The number of carbonyl (C=O) groups is 2. The van der Waals surface area contributed by atoms with E-state index >= 15 is 0 Å². The van der Waals surface area contributed by atoms with Crippen LogP contribution in [0.3, 0.4) is 0 Å². The van der Waals surface area contributed by atoms with E-state index in [0.717, 1.165) is 43.8 Å². The van der Waals surface area contributed by atoms with Crippen molar-refractivity contribution in [2.24, 2.45) is 0 Å². The topological polar surface area (TPSA) is 70.7 Å². The van der Waals surface area contributed by atoms with E-state index in [2.05, 4.69) is 17.6 Å². The zero-order chi connectivity index (χ0) is 22.6. The molecular weight excluding hydrogens is 402 g/mol. The Morgan fingerprint density at radius 1 is 0.938 bits per heavy atom. The van der Waals surface area contributed by atoms with Gasteiger partial charge in [-0.05, 0) is 56.0 Å². The average Bonchev–Trinajstić information content (AvgIpc) is 2.83. The number of hydrogen-bond acceptors (Lipinski definition) is 4. The first-order valence-electron chi connectivity index (χ1n) is 11.8. The fourth-order valence-corrected chi connectivity index (χ4v) is 3.81. The van der Waals surface area contributed by atoms with Crippen LogP contribution in [0.15, 0.2) is 48.5 Å². The maximum absolute atomic E-state index is 12.7. The van der Waals surface area contributed by atoms with E-state index in [0.29, 0.717) is 17.9 Å². The van der Waals surface area contributed by atoms with Gasteiger partial charge in [-0.15, -0.1) is 0 Å². The minimum Gasteiger partial charge on any atom is -0.494 e. The predicted octanol–water partition coefficient (Wildman–Crippen LogP) is 5.32. The summed E-state index contributed by atoms with van der Waals surface area (Å²) in [7, 11) is 0. The van der Waals surface area contributed by atoms with Gasteiger partial charge in [0.2, 0.25) is 5.91 Å². The van der Waals surface area contributed by atoms with Crippen molar-refractivity contribution in [2.45, 2.75) is 51.9 Å². The van der Waals surface area contributed by atoms with Gasteiger partial charge in [0.05, 0.1) is 13.2 Å². The summed E-state index contributed by atoms with van der Waals surface area (Å²) in [6, 6.07) is 14.8. The second kappa shape index (κ2) is 12.7. The van der Waals surface area contributed by atoms with Crippen LogP contribution in [0.1, 0.15) is 62.2 Å². The van der Waals surface area contributed by atoms with Crippen molar-refractivity contribution in [3.8, 4) is 5.75 Å². The molecule has 0 unspecified atom stereocenters. The highest BCUT2D eigenvalue weighted by Crippen LogP contribution is 2.19. The Hall–Kier alpha value is -3.02. The molecular formula is C26H35N3O3. The average molecular weight is 438 g/mol. The predicted molar refractivity (Wildman–Crippen MR) is 129 cm³/mol. The third-order valence-corrected chi connectivity index (χ3v) is 5.59. The molecule has 1 fully saturated rings.